The average Bonchev–Trinajstić information content (AvgIpc) is 2.64. The molecule has 0 atom stereocenters. The zero-order valence-corrected chi connectivity index (χ0v) is 16.6. The summed E-state index contributed by atoms with van der Waals surface area (Å²) in [5.74, 6) is 1.31. The van der Waals surface area contributed by atoms with Gasteiger partial charge < -0.3 is 10.2 Å². The molecule has 0 unspecified atom stereocenters. The first kappa shape index (κ1) is 18.1. The smallest absolute Gasteiger partial charge is 0.230 e. The van der Waals surface area contributed by atoms with Gasteiger partial charge in [0.25, 0.3) is 0 Å². The van der Waals surface area contributed by atoms with E-state index in [1.807, 2.05) is 6.92 Å². The second-order valence-electron chi connectivity index (χ2n) is 7.48. The average molecular weight is 368 g/mol. The minimum absolute atomic E-state index is 0.589. The number of hydrazine groups is 1. The van der Waals surface area contributed by atoms with Gasteiger partial charge >= 0.3 is 0 Å². The summed E-state index contributed by atoms with van der Waals surface area (Å²) < 4.78 is 0. The van der Waals surface area contributed by atoms with Crippen LogP contribution in [-0.2, 0) is 0 Å². The summed E-state index contributed by atoms with van der Waals surface area (Å²) in [5, 5.41) is 12.3. The first-order valence-corrected chi connectivity index (χ1v) is 9.49. The number of aromatic nitrogens is 2. The molecule has 0 aliphatic carbocycles. The number of fused-ring (bicyclic) bond motifs is 1. The van der Waals surface area contributed by atoms with Crippen LogP contribution in [-0.4, -0.2) is 77.4 Å². The maximum atomic E-state index is 4.72. The van der Waals surface area contributed by atoms with Gasteiger partial charge in [0.1, 0.15) is 6.67 Å². The third-order valence-corrected chi connectivity index (χ3v) is 5.26. The molecule has 0 saturated carbocycles. The lowest BCUT2D eigenvalue weighted by atomic mass is 10.1. The van der Waals surface area contributed by atoms with Crippen LogP contribution in [0, 0.1) is 20.8 Å². The molecule has 1 fully saturated rings. The van der Waals surface area contributed by atoms with Crippen LogP contribution in [0.5, 0.6) is 0 Å². The predicted molar refractivity (Wildman–Crippen MR) is 109 cm³/mol. The number of likely N-dealkylation sites (N-methyl/N-ethyl adjacent to an activating group) is 1. The molecule has 1 aromatic heterocycles. The molecule has 8 nitrogen and oxygen atoms in total. The Morgan fingerprint density at radius 1 is 1.00 bits per heavy atom. The maximum absolute atomic E-state index is 4.72. The summed E-state index contributed by atoms with van der Waals surface area (Å²) in [7, 11) is 2.17. The number of hydrogen-bond acceptors (Lipinski definition) is 8. The number of hydrogen-bond donors (Lipinski definition) is 2. The number of piperazine rings is 1. The molecular formula is C19H28N8. The molecule has 0 amide bonds. The van der Waals surface area contributed by atoms with Crippen molar-refractivity contribution in [2.24, 2.45) is 4.99 Å². The fourth-order valence-electron chi connectivity index (χ4n) is 3.67. The van der Waals surface area contributed by atoms with Gasteiger partial charge in [-0.2, -0.15) is 0 Å². The molecule has 27 heavy (non-hydrogen) atoms. The van der Waals surface area contributed by atoms with Crippen molar-refractivity contribution in [3.63, 3.8) is 0 Å². The van der Waals surface area contributed by atoms with Crippen LogP contribution in [0.4, 0.5) is 5.95 Å². The standard InChI is InChI=1S/C19H28N8/c1-13-9-14(2)17-16(10-13)15(3)22-19(23-17)24-18-20-11-27(12-21-18)26-7-5-25(4)6-8-26/h9-10H,5-8,11-12H2,1-4H3,(H2,20,21,22,23,24). The van der Waals surface area contributed by atoms with E-state index in [0.717, 1.165) is 55.4 Å². The van der Waals surface area contributed by atoms with Crippen molar-refractivity contribution in [3.05, 3.63) is 29.0 Å². The zero-order chi connectivity index (χ0) is 19.0. The number of nitrogens with zero attached hydrogens (tertiary/aromatic N) is 6. The Morgan fingerprint density at radius 3 is 2.48 bits per heavy atom. The molecule has 0 radical (unpaired) electrons. The SMILES string of the molecule is Cc1cc(C)c2nc(NC3=NCN(N4CCN(C)CC4)CN3)nc(C)c2c1. The minimum atomic E-state index is 0.589. The molecule has 4 rings (SSSR count). The van der Waals surface area contributed by atoms with Crippen molar-refractivity contribution in [1.82, 2.24) is 30.2 Å². The lowest BCUT2D eigenvalue weighted by Crippen LogP contribution is -2.58. The molecule has 8 heteroatoms. The van der Waals surface area contributed by atoms with Gasteiger partial charge in [-0.3, -0.25) is 5.32 Å². The highest BCUT2D eigenvalue weighted by molar-refractivity contribution is 5.94. The summed E-state index contributed by atoms with van der Waals surface area (Å²) >= 11 is 0. The Bertz CT molecular complexity index is 870. The molecule has 1 aromatic carbocycles. The number of guanidine groups is 1. The second kappa shape index (κ2) is 7.38. The predicted octanol–water partition coefficient (Wildman–Crippen LogP) is 1.31. The van der Waals surface area contributed by atoms with Gasteiger partial charge in [0, 0.05) is 31.6 Å². The van der Waals surface area contributed by atoms with E-state index in [4.69, 9.17) is 4.98 Å². The van der Waals surface area contributed by atoms with E-state index >= 15 is 0 Å². The number of aliphatic imine (C=N–C) groups is 1. The quantitative estimate of drug-likeness (QED) is 0.828. The van der Waals surface area contributed by atoms with Gasteiger partial charge in [-0.15, -0.1) is 0 Å². The number of anilines is 1. The van der Waals surface area contributed by atoms with Gasteiger partial charge in [-0.1, -0.05) is 11.6 Å². The first-order valence-electron chi connectivity index (χ1n) is 9.49. The zero-order valence-electron chi connectivity index (χ0n) is 16.6. The van der Waals surface area contributed by atoms with E-state index in [9.17, 15) is 0 Å². The Labute approximate surface area is 160 Å². The molecule has 0 bridgehead atoms. The Kier molecular flexibility index (Phi) is 4.94. The topological polar surface area (TPSA) is 71.9 Å². The monoisotopic (exact) mass is 368 g/mol. The fraction of sp³-hybridized carbons (Fsp3) is 0.526. The molecular weight excluding hydrogens is 340 g/mol. The van der Waals surface area contributed by atoms with E-state index in [2.05, 4.69) is 68.6 Å². The summed E-state index contributed by atoms with van der Waals surface area (Å²) in [6.45, 7) is 11.9. The number of aryl methyl sites for hydroxylation is 3. The first-order chi connectivity index (χ1) is 13.0. The van der Waals surface area contributed by atoms with Crippen LogP contribution < -0.4 is 10.6 Å². The van der Waals surface area contributed by atoms with Gasteiger partial charge in [-0.05, 0) is 39.4 Å². The molecule has 2 aliphatic rings. The number of benzene rings is 1. The van der Waals surface area contributed by atoms with Crippen LogP contribution in [0.15, 0.2) is 17.1 Å². The van der Waals surface area contributed by atoms with Crippen LogP contribution in [0.3, 0.4) is 0 Å². The fourth-order valence-corrected chi connectivity index (χ4v) is 3.67. The van der Waals surface area contributed by atoms with Crippen molar-refractivity contribution in [3.8, 4) is 0 Å². The molecule has 1 saturated heterocycles. The molecule has 2 aliphatic heterocycles. The Morgan fingerprint density at radius 2 is 1.78 bits per heavy atom. The summed E-state index contributed by atoms with van der Waals surface area (Å²) in [6, 6.07) is 4.30. The highest BCUT2D eigenvalue weighted by atomic mass is 15.7. The lowest BCUT2D eigenvalue weighted by Gasteiger charge is -2.40. The second-order valence-corrected chi connectivity index (χ2v) is 7.48. The largest absolute Gasteiger partial charge is 0.342 e. The Balaban J connectivity index is 1.47. The van der Waals surface area contributed by atoms with E-state index < -0.39 is 0 Å². The van der Waals surface area contributed by atoms with Crippen molar-refractivity contribution in [2.75, 3.05) is 51.9 Å². The van der Waals surface area contributed by atoms with Gasteiger partial charge in [-0.25, -0.2) is 25.0 Å². The summed E-state index contributed by atoms with van der Waals surface area (Å²) in [4.78, 5) is 16.3. The molecule has 2 N–H and O–H groups in total. The minimum Gasteiger partial charge on any atom is -0.342 e. The summed E-state index contributed by atoms with van der Waals surface area (Å²) in [6.07, 6.45) is 0. The summed E-state index contributed by atoms with van der Waals surface area (Å²) in [5.41, 5.74) is 4.36. The lowest BCUT2D eigenvalue weighted by molar-refractivity contribution is -0.0567. The van der Waals surface area contributed by atoms with Crippen LogP contribution >= 0.6 is 0 Å². The normalized spacial score (nSPS) is 19.8. The third kappa shape index (κ3) is 3.87. The van der Waals surface area contributed by atoms with Gasteiger partial charge in [0.15, 0.2) is 0 Å². The molecule has 3 heterocycles. The number of rotatable bonds is 2. The molecule has 2 aromatic rings. The molecule has 144 valence electrons. The van der Waals surface area contributed by atoms with Crippen LogP contribution in [0.2, 0.25) is 0 Å². The highest BCUT2D eigenvalue weighted by Gasteiger charge is 2.22. The van der Waals surface area contributed by atoms with Crippen LogP contribution in [0.25, 0.3) is 10.9 Å². The Hall–Kier alpha value is -2.29. The molecule has 0 spiro atoms. The van der Waals surface area contributed by atoms with Crippen molar-refractivity contribution < 1.29 is 0 Å². The maximum Gasteiger partial charge on any atom is 0.230 e. The van der Waals surface area contributed by atoms with Crippen LogP contribution in [0.1, 0.15) is 16.8 Å². The third-order valence-electron chi connectivity index (χ3n) is 5.26. The van der Waals surface area contributed by atoms with E-state index in [1.54, 1.807) is 0 Å². The van der Waals surface area contributed by atoms with Crippen molar-refractivity contribution in [2.45, 2.75) is 20.8 Å². The van der Waals surface area contributed by atoms with E-state index in [-0.39, 0.29) is 0 Å². The number of nitrogens with one attached hydrogen (secondary N) is 2. The van der Waals surface area contributed by atoms with E-state index in [1.165, 1.54) is 11.1 Å². The van der Waals surface area contributed by atoms with Gasteiger partial charge in [0.05, 0.1) is 17.9 Å². The van der Waals surface area contributed by atoms with Gasteiger partial charge in [0.2, 0.25) is 11.9 Å². The van der Waals surface area contributed by atoms with Crippen molar-refractivity contribution >= 4 is 22.8 Å². The highest BCUT2D eigenvalue weighted by Crippen LogP contribution is 2.22. The van der Waals surface area contributed by atoms with Crippen molar-refractivity contribution in [1.29, 1.82) is 0 Å². The van der Waals surface area contributed by atoms with E-state index in [0.29, 0.717) is 12.6 Å².